The van der Waals surface area contributed by atoms with E-state index in [9.17, 15) is 9.90 Å². The summed E-state index contributed by atoms with van der Waals surface area (Å²) in [5, 5.41) is 12.7. The summed E-state index contributed by atoms with van der Waals surface area (Å²) in [5.41, 5.74) is -0.00444. The third-order valence-electron chi connectivity index (χ3n) is 1.51. The average Bonchev–Trinajstić information content (AvgIpc) is 2.68. The Morgan fingerprint density at radius 2 is 2.53 bits per heavy atom. The van der Waals surface area contributed by atoms with Gasteiger partial charge in [0.2, 0.25) is 0 Å². The van der Waals surface area contributed by atoms with Crippen LogP contribution in [-0.4, -0.2) is 22.7 Å². The van der Waals surface area contributed by atoms with Gasteiger partial charge in [-0.05, 0) is 11.9 Å². The molecule has 15 heavy (non-hydrogen) atoms. The fourth-order valence-corrected chi connectivity index (χ4v) is 1.40. The molecule has 1 aromatic heterocycles. The van der Waals surface area contributed by atoms with Gasteiger partial charge in [0.05, 0.1) is 12.7 Å². The molecule has 0 aliphatic rings. The molecule has 83 valence electrons. The summed E-state index contributed by atoms with van der Waals surface area (Å²) in [4.78, 5) is 15.0. The molecule has 6 heteroatoms. The second-order valence-corrected chi connectivity index (χ2v) is 3.32. The van der Waals surface area contributed by atoms with Crippen LogP contribution in [0.25, 0.3) is 0 Å². The van der Waals surface area contributed by atoms with Crippen molar-refractivity contribution in [1.29, 1.82) is 0 Å². The maximum Gasteiger partial charge on any atom is 0.334 e. The quantitative estimate of drug-likeness (QED) is 0.469. The van der Waals surface area contributed by atoms with Crippen LogP contribution in [-0.2, 0) is 30.0 Å². The van der Waals surface area contributed by atoms with Crippen molar-refractivity contribution in [3.63, 3.8) is 0 Å². The van der Waals surface area contributed by atoms with E-state index in [2.05, 4.69) is 16.9 Å². The Kier molecular flexibility index (Phi) is 6.61. The fourth-order valence-electron chi connectivity index (χ4n) is 0.814. The van der Waals surface area contributed by atoms with Crippen LogP contribution in [0.1, 0.15) is 18.0 Å². The summed E-state index contributed by atoms with van der Waals surface area (Å²) in [6.45, 7) is 5.41. The minimum absolute atomic E-state index is 0. The minimum atomic E-state index is -1.09. The third kappa shape index (κ3) is 3.84. The predicted octanol–water partition coefficient (Wildman–Crippen LogP) is 1.09. The van der Waals surface area contributed by atoms with Crippen LogP contribution in [0.15, 0.2) is 18.3 Å². The van der Waals surface area contributed by atoms with Crippen molar-refractivity contribution in [3.8, 4) is 0 Å². The first kappa shape index (κ1) is 14.5. The second-order valence-electron chi connectivity index (χ2n) is 2.46. The van der Waals surface area contributed by atoms with E-state index < -0.39 is 12.1 Å². The largest absolute Gasteiger partial charge is 0.463 e. The van der Waals surface area contributed by atoms with Crippen LogP contribution in [0.4, 0.5) is 0 Å². The molecule has 0 aliphatic carbocycles. The zero-order chi connectivity index (χ0) is 10.6. The zero-order valence-corrected chi connectivity index (χ0v) is 11.6. The Labute approximate surface area is 106 Å². The molecular weight excluding hydrogens is 388 g/mol. The molecular formula is C9H10NO3ReS-. The molecule has 1 heterocycles. The second kappa shape index (κ2) is 6.86. The van der Waals surface area contributed by atoms with Crippen LogP contribution in [0.3, 0.4) is 0 Å². The SMILES string of the molecule is C=C(C(=O)OCC)C(O)c1nc[c-]s1.[Re]. The van der Waals surface area contributed by atoms with E-state index in [1.807, 2.05) is 0 Å². The Morgan fingerprint density at radius 3 is 3.00 bits per heavy atom. The molecule has 1 unspecified atom stereocenters. The first-order chi connectivity index (χ1) is 6.66. The van der Waals surface area contributed by atoms with Gasteiger partial charge in [0.1, 0.15) is 0 Å². The standard InChI is InChI=1S/C9H10NO3S.Re/c1-3-13-9(12)6(2)7(11)8-10-4-5-14-8;/h4,7,11H,2-3H2,1H3;/q-1;. The van der Waals surface area contributed by atoms with E-state index in [0.29, 0.717) is 5.01 Å². The molecule has 0 saturated carbocycles. The summed E-state index contributed by atoms with van der Waals surface area (Å²) in [5.74, 6) is -0.602. The number of thiazole rings is 1. The monoisotopic (exact) mass is 399 g/mol. The number of aromatic nitrogens is 1. The molecule has 0 amide bonds. The first-order valence-corrected chi connectivity index (χ1v) is 4.84. The van der Waals surface area contributed by atoms with Gasteiger partial charge in [-0.2, -0.15) is 5.38 Å². The minimum Gasteiger partial charge on any atom is -0.463 e. The van der Waals surface area contributed by atoms with Crippen LogP contribution in [0.2, 0.25) is 0 Å². The molecule has 1 N–H and O–H groups in total. The molecule has 1 radical (unpaired) electrons. The molecule has 0 aliphatic heterocycles. The summed E-state index contributed by atoms with van der Waals surface area (Å²) < 4.78 is 4.69. The number of rotatable bonds is 4. The molecule has 1 atom stereocenters. The van der Waals surface area contributed by atoms with E-state index in [0.717, 1.165) is 11.3 Å². The number of ether oxygens (including phenoxy) is 1. The van der Waals surface area contributed by atoms with Crippen LogP contribution in [0, 0.1) is 5.38 Å². The van der Waals surface area contributed by atoms with Crippen molar-refractivity contribution in [2.24, 2.45) is 0 Å². The van der Waals surface area contributed by atoms with Gasteiger partial charge in [0.15, 0.2) is 0 Å². The van der Waals surface area contributed by atoms with Crippen molar-refractivity contribution in [2.75, 3.05) is 6.61 Å². The van der Waals surface area contributed by atoms with Gasteiger partial charge in [-0.25, -0.2) is 4.79 Å². The molecule has 0 fully saturated rings. The zero-order valence-electron chi connectivity index (χ0n) is 8.07. The van der Waals surface area contributed by atoms with E-state index in [1.165, 1.54) is 6.20 Å². The number of hydrogen-bond donors (Lipinski definition) is 1. The number of aliphatic hydroxyl groups is 1. The Hall–Kier alpha value is -0.538. The van der Waals surface area contributed by atoms with Crippen LogP contribution in [0.5, 0.6) is 0 Å². The first-order valence-electron chi connectivity index (χ1n) is 4.02. The van der Waals surface area contributed by atoms with Gasteiger partial charge < -0.3 is 26.2 Å². The summed E-state index contributed by atoms with van der Waals surface area (Å²) in [7, 11) is 0. The molecule has 0 saturated heterocycles. The summed E-state index contributed by atoms with van der Waals surface area (Å²) in [6, 6.07) is 0. The van der Waals surface area contributed by atoms with Crippen molar-refractivity contribution in [2.45, 2.75) is 13.0 Å². The molecule has 0 aromatic carbocycles. The number of carbonyl (C=O) groups excluding carboxylic acids is 1. The number of hydrogen-bond acceptors (Lipinski definition) is 5. The molecule has 1 rings (SSSR count). The number of aliphatic hydroxyl groups excluding tert-OH is 1. The van der Waals surface area contributed by atoms with Gasteiger partial charge in [-0.15, -0.1) is 0 Å². The van der Waals surface area contributed by atoms with Gasteiger partial charge in [-0.3, -0.25) is 0 Å². The molecule has 0 bridgehead atoms. The van der Waals surface area contributed by atoms with Gasteiger partial charge >= 0.3 is 5.97 Å². The number of carbonyl (C=O) groups is 1. The predicted molar refractivity (Wildman–Crippen MR) is 51.7 cm³/mol. The fraction of sp³-hybridized carbons (Fsp3) is 0.333. The maximum absolute atomic E-state index is 11.2. The Bertz CT molecular complexity index is 326. The summed E-state index contributed by atoms with van der Waals surface area (Å²) >= 11 is 1.14. The number of nitrogens with zero attached hydrogens (tertiary/aromatic N) is 1. The normalized spacial score (nSPS) is 11.3. The molecule has 0 spiro atoms. The molecule has 1 aromatic rings. The van der Waals surface area contributed by atoms with Gasteiger partial charge in [0.25, 0.3) is 0 Å². The Morgan fingerprint density at radius 1 is 1.87 bits per heavy atom. The smallest absolute Gasteiger partial charge is 0.334 e. The van der Waals surface area contributed by atoms with Crippen molar-refractivity contribution in [1.82, 2.24) is 4.98 Å². The van der Waals surface area contributed by atoms with E-state index in [1.54, 1.807) is 6.92 Å². The molecule has 4 nitrogen and oxygen atoms in total. The van der Waals surface area contributed by atoms with Crippen LogP contribution >= 0.6 is 11.3 Å². The van der Waals surface area contributed by atoms with Gasteiger partial charge in [0, 0.05) is 26.0 Å². The number of esters is 1. The maximum atomic E-state index is 11.2. The third-order valence-corrected chi connectivity index (χ3v) is 2.27. The van der Waals surface area contributed by atoms with E-state index >= 15 is 0 Å². The topological polar surface area (TPSA) is 59.4 Å². The van der Waals surface area contributed by atoms with Crippen molar-refractivity contribution in [3.05, 3.63) is 28.7 Å². The van der Waals surface area contributed by atoms with E-state index in [4.69, 9.17) is 4.74 Å². The van der Waals surface area contributed by atoms with Gasteiger partial charge in [-0.1, -0.05) is 12.8 Å². The van der Waals surface area contributed by atoms with Crippen molar-refractivity contribution < 1.29 is 35.1 Å². The van der Waals surface area contributed by atoms with Crippen LogP contribution < -0.4 is 0 Å². The Balaban J connectivity index is 0.00000196. The summed E-state index contributed by atoms with van der Waals surface area (Å²) in [6.07, 6.45) is 0.340. The average molecular weight is 398 g/mol. The van der Waals surface area contributed by atoms with Crippen molar-refractivity contribution >= 4 is 17.3 Å². The van der Waals surface area contributed by atoms with E-state index in [-0.39, 0.29) is 32.6 Å².